The second-order valence-corrected chi connectivity index (χ2v) is 5.05. The van der Waals surface area contributed by atoms with Gasteiger partial charge < -0.3 is 15.0 Å². The molecule has 1 amide bonds. The molecule has 0 aromatic heterocycles. The number of nitrogens with zero attached hydrogens (tertiary/aromatic N) is 1. The van der Waals surface area contributed by atoms with E-state index in [0.29, 0.717) is 24.4 Å². The van der Waals surface area contributed by atoms with Gasteiger partial charge in [0.25, 0.3) is 0 Å². The summed E-state index contributed by atoms with van der Waals surface area (Å²) in [6.07, 6.45) is -0.127. The monoisotopic (exact) mass is 212 g/mol. The first-order valence-corrected chi connectivity index (χ1v) is 5.79. The summed E-state index contributed by atoms with van der Waals surface area (Å²) in [4.78, 5) is 13.5. The van der Waals surface area contributed by atoms with Gasteiger partial charge in [-0.3, -0.25) is 0 Å². The Balaban J connectivity index is 1.78. The number of nitrogens with one attached hydrogen (secondary N) is 1. The third-order valence-corrected chi connectivity index (χ3v) is 3.19. The maximum atomic E-state index is 11.7. The lowest BCUT2D eigenvalue weighted by Gasteiger charge is -2.17. The number of carbonyl (C=O) groups excluding carboxylic acids is 1. The maximum absolute atomic E-state index is 11.7. The number of likely N-dealkylation sites (tertiary alicyclic amines) is 1. The van der Waals surface area contributed by atoms with Crippen molar-refractivity contribution in [2.45, 2.75) is 13.8 Å². The molecule has 0 saturated carbocycles. The zero-order valence-electron chi connectivity index (χ0n) is 9.53. The second kappa shape index (κ2) is 4.39. The lowest BCUT2D eigenvalue weighted by atomic mass is 10.0. The molecule has 1 N–H and O–H groups in total. The molecule has 2 atom stereocenters. The normalized spacial score (nSPS) is 29.7. The molecular formula is C11H20N2O2. The van der Waals surface area contributed by atoms with Crippen LogP contribution >= 0.6 is 0 Å². The fraction of sp³-hybridized carbons (Fsp3) is 0.909. The van der Waals surface area contributed by atoms with Crippen molar-refractivity contribution in [1.82, 2.24) is 10.2 Å². The molecule has 2 aliphatic rings. The van der Waals surface area contributed by atoms with Gasteiger partial charge in [0.05, 0.1) is 6.61 Å². The molecule has 15 heavy (non-hydrogen) atoms. The minimum atomic E-state index is -0.127. The molecule has 2 fully saturated rings. The second-order valence-electron chi connectivity index (χ2n) is 5.05. The third kappa shape index (κ3) is 2.43. The highest BCUT2D eigenvalue weighted by Gasteiger charge is 2.38. The largest absolute Gasteiger partial charge is 0.449 e. The van der Waals surface area contributed by atoms with E-state index in [4.69, 9.17) is 4.74 Å². The SMILES string of the molecule is CC(C)COC(=O)N1C[C@@H]2CNC[C@H]2C1. The Hall–Kier alpha value is -0.770. The summed E-state index contributed by atoms with van der Waals surface area (Å²) >= 11 is 0. The molecule has 0 spiro atoms. The maximum Gasteiger partial charge on any atom is 0.409 e. The summed E-state index contributed by atoms with van der Waals surface area (Å²) in [7, 11) is 0. The standard InChI is InChI=1S/C11H20N2O2/c1-8(2)7-15-11(14)13-5-9-3-12-4-10(9)6-13/h8-10,12H,3-7H2,1-2H3/t9-,10-/m0/s1. The molecule has 4 nitrogen and oxygen atoms in total. The fourth-order valence-corrected chi connectivity index (χ4v) is 2.33. The van der Waals surface area contributed by atoms with Crippen LogP contribution in [0.1, 0.15) is 13.8 Å². The van der Waals surface area contributed by atoms with Crippen LogP contribution in [0.15, 0.2) is 0 Å². The number of ether oxygens (including phenoxy) is 1. The van der Waals surface area contributed by atoms with Crippen LogP contribution in [0.25, 0.3) is 0 Å². The van der Waals surface area contributed by atoms with E-state index in [1.807, 2.05) is 4.90 Å². The number of fused-ring (bicyclic) bond motifs is 1. The predicted molar refractivity (Wildman–Crippen MR) is 57.6 cm³/mol. The summed E-state index contributed by atoms with van der Waals surface area (Å²) in [5.74, 6) is 1.71. The fourth-order valence-electron chi connectivity index (χ4n) is 2.33. The number of hydrogen-bond donors (Lipinski definition) is 1. The first-order chi connectivity index (χ1) is 7.16. The summed E-state index contributed by atoms with van der Waals surface area (Å²) < 4.78 is 5.22. The van der Waals surface area contributed by atoms with Gasteiger partial charge in [0, 0.05) is 26.2 Å². The van der Waals surface area contributed by atoms with Crippen molar-refractivity contribution in [2.75, 3.05) is 32.8 Å². The van der Waals surface area contributed by atoms with E-state index in [2.05, 4.69) is 19.2 Å². The van der Waals surface area contributed by atoms with Crippen LogP contribution in [0.4, 0.5) is 4.79 Å². The van der Waals surface area contributed by atoms with Crippen molar-refractivity contribution in [2.24, 2.45) is 17.8 Å². The molecule has 2 aliphatic heterocycles. The first kappa shape index (κ1) is 10.7. The lowest BCUT2D eigenvalue weighted by Crippen LogP contribution is -2.33. The molecule has 0 radical (unpaired) electrons. The van der Waals surface area contributed by atoms with Crippen molar-refractivity contribution in [1.29, 1.82) is 0 Å². The number of amides is 1. The lowest BCUT2D eigenvalue weighted by molar-refractivity contribution is 0.0972. The van der Waals surface area contributed by atoms with Gasteiger partial charge in [-0.1, -0.05) is 13.8 Å². The van der Waals surface area contributed by atoms with Crippen molar-refractivity contribution in [3.8, 4) is 0 Å². The van der Waals surface area contributed by atoms with E-state index in [1.165, 1.54) is 0 Å². The van der Waals surface area contributed by atoms with Crippen LogP contribution in [-0.2, 0) is 4.74 Å². The quantitative estimate of drug-likeness (QED) is 0.740. The van der Waals surface area contributed by atoms with Gasteiger partial charge in [0.1, 0.15) is 0 Å². The van der Waals surface area contributed by atoms with Gasteiger partial charge in [-0.15, -0.1) is 0 Å². The Morgan fingerprint density at radius 3 is 2.53 bits per heavy atom. The molecule has 2 saturated heterocycles. The molecule has 0 aromatic carbocycles. The Kier molecular flexibility index (Phi) is 3.14. The van der Waals surface area contributed by atoms with Crippen molar-refractivity contribution < 1.29 is 9.53 Å². The summed E-state index contributed by atoms with van der Waals surface area (Å²) in [6.45, 7) is 8.48. The van der Waals surface area contributed by atoms with E-state index < -0.39 is 0 Å². The minimum Gasteiger partial charge on any atom is -0.449 e. The van der Waals surface area contributed by atoms with E-state index in [1.54, 1.807) is 0 Å². The minimum absolute atomic E-state index is 0.127. The molecule has 2 heterocycles. The molecule has 86 valence electrons. The van der Waals surface area contributed by atoms with Gasteiger partial charge in [0.2, 0.25) is 0 Å². The Morgan fingerprint density at radius 2 is 2.00 bits per heavy atom. The number of carbonyl (C=O) groups is 1. The van der Waals surface area contributed by atoms with Crippen LogP contribution in [0, 0.1) is 17.8 Å². The molecule has 4 heteroatoms. The highest BCUT2D eigenvalue weighted by Crippen LogP contribution is 2.26. The molecule has 0 unspecified atom stereocenters. The Bertz CT molecular complexity index is 231. The third-order valence-electron chi connectivity index (χ3n) is 3.19. The highest BCUT2D eigenvalue weighted by molar-refractivity contribution is 5.68. The first-order valence-electron chi connectivity index (χ1n) is 5.79. The van der Waals surface area contributed by atoms with Crippen LogP contribution < -0.4 is 5.32 Å². The number of rotatable bonds is 2. The summed E-state index contributed by atoms with van der Waals surface area (Å²) in [6, 6.07) is 0. The van der Waals surface area contributed by atoms with Gasteiger partial charge >= 0.3 is 6.09 Å². The highest BCUT2D eigenvalue weighted by atomic mass is 16.6. The average Bonchev–Trinajstić information content (AvgIpc) is 2.72. The predicted octanol–water partition coefficient (Wildman–Crippen LogP) is 0.930. The van der Waals surface area contributed by atoms with Gasteiger partial charge in [-0.05, 0) is 17.8 Å². The van der Waals surface area contributed by atoms with Crippen LogP contribution in [0.5, 0.6) is 0 Å². The zero-order valence-corrected chi connectivity index (χ0v) is 9.53. The van der Waals surface area contributed by atoms with E-state index in [9.17, 15) is 4.79 Å². The Morgan fingerprint density at radius 1 is 1.40 bits per heavy atom. The topological polar surface area (TPSA) is 41.6 Å². The molecule has 0 bridgehead atoms. The number of hydrogen-bond acceptors (Lipinski definition) is 3. The van der Waals surface area contributed by atoms with E-state index in [-0.39, 0.29) is 6.09 Å². The van der Waals surface area contributed by atoms with Crippen molar-refractivity contribution in [3.05, 3.63) is 0 Å². The van der Waals surface area contributed by atoms with Gasteiger partial charge in [0.15, 0.2) is 0 Å². The van der Waals surface area contributed by atoms with Crippen LogP contribution in [0.3, 0.4) is 0 Å². The van der Waals surface area contributed by atoms with E-state index in [0.717, 1.165) is 26.2 Å². The molecular weight excluding hydrogens is 192 g/mol. The van der Waals surface area contributed by atoms with E-state index >= 15 is 0 Å². The zero-order chi connectivity index (χ0) is 10.8. The summed E-state index contributed by atoms with van der Waals surface area (Å²) in [5, 5.41) is 3.36. The average molecular weight is 212 g/mol. The van der Waals surface area contributed by atoms with Crippen LogP contribution in [-0.4, -0.2) is 43.8 Å². The van der Waals surface area contributed by atoms with Gasteiger partial charge in [-0.25, -0.2) is 4.79 Å². The Labute approximate surface area is 91.0 Å². The molecule has 0 aromatic rings. The smallest absolute Gasteiger partial charge is 0.409 e. The molecule has 2 rings (SSSR count). The van der Waals surface area contributed by atoms with Crippen molar-refractivity contribution in [3.63, 3.8) is 0 Å². The summed E-state index contributed by atoms with van der Waals surface area (Å²) in [5.41, 5.74) is 0. The van der Waals surface area contributed by atoms with Gasteiger partial charge in [-0.2, -0.15) is 0 Å². The van der Waals surface area contributed by atoms with Crippen molar-refractivity contribution >= 4 is 6.09 Å². The van der Waals surface area contributed by atoms with Crippen LogP contribution in [0.2, 0.25) is 0 Å². The molecule has 0 aliphatic carbocycles.